The summed E-state index contributed by atoms with van der Waals surface area (Å²) in [7, 11) is 0. The molecular weight excluding hydrogens is 346 g/mol. The lowest BCUT2D eigenvalue weighted by atomic mass is 9.97. The van der Waals surface area contributed by atoms with Gasteiger partial charge in [-0.05, 0) is 56.8 Å². The quantitative estimate of drug-likeness (QED) is 0.690. The minimum atomic E-state index is 0.425. The van der Waals surface area contributed by atoms with Crippen molar-refractivity contribution < 1.29 is 0 Å². The number of rotatable bonds is 4. The van der Waals surface area contributed by atoms with Crippen LogP contribution in [0.25, 0.3) is 5.65 Å². The molecule has 1 aromatic carbocycles. The highest BCUT2D eigenvalue weighted by molar-refractivity contribution is 5.52. The van der Waals surface area contributed by atoms with Gasteiger partial charge in [-0.2, -0.15) is 5.10 Å². The summed E-state index contributed by atoms with van der Waals surface area (Å²) in [5, 5.41) is 4.88. The number of pyridine rings is 1. The van der Waals surface area contributed by atoms with Crippen molar-refractivity contribution in [1.82, 2.24) is 19.5 Å². The van der Waals surface area contributed by atoms with Gasteiger partial charge in [0, 0.05) is 32.1 Å². The van der Waals surface area contributed by atoms with Crippen LogP contribution in [0.3, 0.4) is 0 Å². The molecule has 0 bridgehead atoms. The third kappa shape index (κ3) is 3.63. The van der Waals surface area contributed by atoms with Crippen molar-refractivity contribution in [2.75, 3.05) is 31.1 Å². The Balaban J connectivity index is 1.32. The third-order valence-electron chi connectivity index (χ3n) is 6.16. The zero-order valence-electron chi connectivity index (χ0n) is 16.7. The van der Waals surface area contributed by atoms with E-state index in [2.05, 4.69) is 59.3 Å². The summed E-state index contributed by atoms with van der Waals surface area (Å²) in [5.74, 6) is 1.43. The molecule has 0 saturated carbocycles. The summed E-state index contributed by atoms with van der Waals surface area (Å²) < 4.78 is 1.99. The highest BCUT2D eigenvalue weighted by atomic mass is 15.3. The van der Waals surface area contributed by atoms with Gasteiger partial charge in [-0.25, -0.2) is 9.50 Å². The molecule has 28 heavy (non-hydrogen) atoms. The largest absolute Gasteiger partial charge is 0.370 e. The van der Waals surface area contributed by atoms with Crippen LogP contribution < -0.4 is 4.90 Å². The number of aryl methyl sites for hydroxylation is 1. The van der Waals surface area contributed by atoms with Crippen molar-refractivity contribution in [3.63, 3.8) is 0 Å². The van der Waals surface area contributed by atoms with Gasteiger partial charge in [-0.15, -0.1) is 0 Å². The molecule has 5 nitrogen and oxygen atoms in total. The van der Waals surface area contributed by atoms with Gasteiger partial charge in [0.15, 0.2) is 11.5 Å². The third-order valence-corrected chi connectivity index (χ3v) is 6.16. The molecule has 5 rings (SSSR count). The van der Waals surface area contributed by atoms with E-state index in [0.717, 1.165) is 44.2 Å². The lowest BCUT2D eigenvalue weighted by Crippen LogP contribution is -2.34. The van der Waals surface area contributed by atoms with Crippen molar-refractivity contribution in [2.45, 2.75) is 45.1 Å². The summed E-state index contributed by atoms with van der Waals surface area (Å²) in [5.41, 5.74) is 4.97. The molecule has 5 heteroatoms. The molecule has 0 N–H and O–H groups in total. The van der Waals surface area contributed by atoms with Gasteiger partial charge in [0.25, 0.3) is 0 Å². The van der Waals surface area contributed by atoms with Gasteiger partial charge in [-0.3, -0.25) is 4.90 Å². The summed E-state index contributed by atoms with van der Waals surface area (Å²) in [6.07, 6.45) is 7.13. The number of hydrogen-bond acceptors (Lipinski definition) is 4. The first-order valence-electron chi connectivity index (χ1n) is 10.6. The number of nitrogens with zero attached hydrogens (tertiary/aromatic N) is 5. The topological polar surface area (TPSA) is 36.7 Å². The number of benzene rings is 1. The van der Waals surface area contributed by atoms with Crippen molar-refractivity contribution in [1.29, 1.82) is 0 Å². The number of hydrogen-bond donors (Lipinski definition) is 0. The Morgan fingerprint density at radius 1 is 1.04 bits per heavy atom. The first kappa shape index (κ1) is 17.7. The van der Waals surface area contributed by atoms with Gasteiger partial charge >= 0.3 is 0 Å². The van der Waals surface area contributed by atoms with E-state index in [4.69, 9.17) is 10.1 Å². The number of piperidine rings is 1. The molecule has 2 aliphatic heterocycles. The second kappa shape index (κ2) is 7.55. The van der Waals surface area contributed by atoms with E-state index in [1.54, 1.807) is 0 Å². The average Bonchev–Trinajstić information content (AvgIpc) is 3.37. The summed E-state index contributed by atoms with van der Waals surface area (Å²) in [4.78, 5) is 9.88. The van der Waals surface area contributed by atoms with Crippen molar-refractivity contribution in [3.05, 3.63) is 59.5 Å². The molecular formula is C23H29N5. The summed E-state index contributed by atoms with van der Waals surface area (Å²) in [6, 6.07) is 13.2. The van der Waals surface area contributed by atoms with Gasteiger partial charge < -0.3 is 4.90 Å². The standard InChI is InChI=1S/C23H29N5/c1-18-6-4-7-19(14-18)15-26-11-5-8-20(16-26)23-24-22-10-9-21(17-28(22)25-23)27-12-2-3-13-27/h4,6-7,9-10,14,17,20H,2-3,5,8,11-13,15-16H2,1H3/t20-/m0/s1. The second-order valence-electron chi connectivity index (χ2n) is 8.42. The van der Waals surface area contributed by atoms with E-state index < -0.39 is 0 Å². The SMILES string of the molecule is Cc1cccc(CN2CCC[C@H](c3nc4ccc(N5CCCC5)cn4n3)C2)c1. The number of likely N-dealkylation sites (tertiary alicyclic amines) is 1. The molecule has 0 amide bonds. The van der Waals surface area contributed by atoms with Gasteiger partial charge in [-0.1, -0.05) is 29.8 Å². The molecule has 0 unspecified atom stereocenters. The summed E-state index contributed by atoms with van der Waals surface area (Å²) >= 11 is 0. The highest BCUT2D eigenvalue weighted by Crippen LogP contribution is 2.27. The van der Waals surface area contributed by atoms with Crippen LogP contribution in [0.5, 0.6) is 0 Å². The highest BCUT2D eigenvalue weighted by Gasteiger charge is 2.25. The smallest absolute Gasteiger partial charge is 0.156 e. The molecule has 0 spiro atoms. The monoisotopic (exact) mass is 375 g/mol. The first-order valence-corrected chi connectivity index (χ1v) is 10.6. The second-order valence-corrected chi connectivity index (χ2v) is 8.42. The molecule has 4 heterocycles. The first-order chi connectivity index (χ1) is 13.7. The Hall–Kier alpha value is -2.40. The fraction of sp³-hybridized carbons (Fsp3) is 0.478. The van der Waals surface area contributed by atoms with Crippen LogP contribution in [-0.2, 0) is 6.54 Å². The van der Waals surface area contributed by atoms with E-state index in [1.807, 2.05) is 4.52 Å². The van der Waals surface area contributed by atoms with Crippen molar-refractivity contribution >= 4 is 11.3 Å². The maximum absolute atomic E-state index is 4.88. The normalized spacial score (nSPS) is 20.9. The lowest BCUT2D eigenvalue weighted by molar-refractivity contribution is 0.196. The van der Waals surface area contributed by atoms with E-state index in [9.17, 15) is 0 Å². The van der Waals surface area contributed by atoms with Crippen molar-refractivity contribution in [2.24, 2.45) is 0 Å². The Bertz CT molecular complexity index is 957. The summed E-state index contributed by atoms with van der Waals surface area (Å²) in [6.45, 7) is 7.71. The molecule has 2 aromatic heterocycles. The van der Waals surface area contributed by atoms with Crippen LogP contribution in [0.1, 0.15) is 48.6 Å². The van der Waals surface area contributed by atoms with Crippen molar-refractivity contribution in [3.8, 4) is 0 Å². The Labute approximate surface area is 167 Å². The fourth-order valence-electron chi connectivity index (χ4n) is 4.70. The zero-order chi connectivity index (χ0) is 18.9. The lowest BCUT2D eigenvalue weighted by Gasteiger charge is -2.31. The number of aromatic nitrogens is 3. The minimum absolute atomic E-state index is 0.425. The molecule has 2 saturated heterocycles. The Kier molecular flexibility index (Phi) is 4.77. The van der Waals surface area contributed by atoms with Gasteiger partial charge in [0.2, 0.25) is 0 Å². The van der Waals surface area contributed by atoms with Crippen LogP contribution in [0, 0.1) is 6.92 Å². The van der Waals surface area contributed by atoms with Crippen LogP contribution >= 0.6 is 0 Å². The maximum Gasteiger partial charge on any atom is 0.156 e. The Morgan fingerprint density at radius 3 is 2.79 bits per heavy atom. The number of anilines is 1. The van der Waals surface area contributed by atoms with Crippen LogP contribution in [0.2, 0.25) is 0 Å². The molecule has 2 fully saturated rings. The van der Waals surface area contributed by atoms with Crippen LogP contribution in [0.15, 0.2) is 42.6 Å². The van der Waals surface area contributed by atoms with E-state index in [-0.39, 0.29) is 0 Å². The maximum atomic E-state index is 4.88. The molecule has 0 radical (unpaired) electrons. The Morgan fingerprint density at radius 2 is 1.93 bits per heavy atom. The van der Waals surface area contributed by atoms with E-state index >= 15 is 0 Å². The van der Waals surface area contributed by atoms with Gasteiger partial charge in [0.1, 0.15) is 0 Å². The van der Waals surface area contributed by atoms with E-state index in [1.165, 1.54) is 42.5 Å². The van der Waals surface area contributed by atoms with Gasteiger partial charge in [0.05, 0.1) is 11.9 Å². The average molecular weight is 376 g/mol. The predicted octanol–water partition coefficient (Wildman–Crippen LogP) is 4.02. The molecule has 3 aromatic rings. The fourth-order valence-corrected chi connectivity index (χ4v) is 4.70. The molecule has 146 valence electrons. The predicted molar refractivity (Wildman–Crippen MR) is 113 cm³/mol. The molecule has 1 atom stereocenters. The van der Waals surface area contributed by atoms with Crippen LogP contribution in [-0.4, -0.2) is 45.7 Å². The molecule has 2 aliphatic rings. The van der Waals surface area contributed by atoms with Crippen LogP contribution in [0.4, 0.5) is 5.69 Å². The minimum Gasteiger partial charge on any atom is -0.370 e. The number of fused-ring (bicyclic) bond motifs is 1. The molecule has 0 aliphatic carbocycles. The zero-order valence-corrected chi connectivity index (χ0v) is 16.7. The van der Waals surface area contributed by atoms with E-state index in [0.29, 0.717) is 5.92 Å².